The van der Waals surface area contributed by atoms with Gasteiger partial charge >= 0.3 is 5.97 Å². The minimum atomic E-state index is -0.810. The fourth-order valence-electron chi connectivity index (χ4n) is 5.37. The van der Waals surface area contributed by atoms with Gasteiger partial charge in [0.05, 0.1) is 34.7 Å². The first-order chi connectivity index (χ1) is 18.2. The van der Waals surface area contributed by atoms with Crippen LogP contribution in [0.25, 0.3) is 21.9 Å². The Balaban J connectivity index is 1.34. The van der Waals surface area contributed by atoms with Crippen LogP contribution in [0.2, 0.25) is 10.0 Å². The van der Waals surface area contributed by atoms with Crippen LogP contribution in [0.4, 0.5) is 0 Å². The van der Waals surface area contributed by atoms with Crippen LogP contribution in [0.1, 0.15) is 36.8 Å². The van der Waals surface area contributed by atoms with Crippen LogP contribution >= 0.6 is 23.2 Å². The standard InChI is InChI=1S/C30H25Cl2N3O3/c1-30(2)26(27(30)29(36)37)28-34-24-14-21(38-16-20-10-8-17-5-3-4-6-23(17)33-20)11-12-25(24)35(28)15-18-7-9-19(31)13-22(18)32/h3-14,26-27H,15-16H2,1-2H3,(H,36,37)/t26-,27+/m0/s1. The number of carboxylic acids is 1. The van der Waals surface area contributed by atoms with Gasteiger partial charge in [-0.3, -0.25) is 4.79 Å². The first-order valence-electron chi connectivity index (χ1n) is 12.4. The number of para-hydroxylation sites is 1. The normalized spacial score (nSPS) is 18.1. The maximum absolute atomic E-state index is 12.0. The average Bonchev–Trinajstić information content (AvgIpc) is 3.31. The van der Waals surface area contributed by atoms with E-state index in [-0.39, 0.29) is 5.92 Å². The van der Waals surface area contributed by atoms with Crippen LogP contribution in [0.3, 0.4) is 0 Å². The van der Waals surface area contributed by atoms with Gasteiger partial charge in [0.2, 0.25) is 0 Å². The van der Waals surface area contributed by atoms with E-state index in [0.717, 1.165) is 39.0 Å². The van der Waals surface area contributed by atoms with Gasteiger partial charge in [0, 0.05) is 27.4 Å². The van der Waals surface area contributed by atoms with Gasteiger partial charge in [0.25, 0.3) is 0 Å². The molecule has 1 aliphatic carbocycles. The number of ether oxygens (including phenoxy) is 1. The number of fused-ring (bicyclic) bond motifs is 2. The van der Waals surface area contributed by atoms with Crippen LogP contribution in [-0.2, 0) is 17.9 Å². The highest BCUT2D eigenvalue weighted by molar-refractivity contribution is 6.35. The van der Waals surface area contributed by atoms with Crippen LogP contribution in [0, 0.1) is 11.3 Å². The Hall–Kier alpha value is -3.61. The molecule has 1 saturated carbocycles. The molecule has 0 spiro atoms. The lowest BCUT2D eigenvalue weighted by atomic mass is 10.1. The zero-order chi connectivity index (χ0) is 26.6. The van der Waals surface area contributed by atoms with E-state index in [1.54, 1.807) is 12.1 Å². The molecule has 1 aliphatic rings. The van der Waals surface area contributed by atoms with E-state index in [2.05, 4.69) is 9.55 Å². The molecule has 1 N–H and O–H groups in total. The summed E-state index contributed by atoms with van der Waals surface area (Å²) in [4.78, 5) is 21.6. The van der Waals surface area contributed by atoms with Gasteiger partial charge in [-0.25, -0.2) is 9.97 Å². The number of benzene rings is 3. The molecule has 38 heavy (non-hydrogen) atoms. The van der Waals surface area contributed by atoms with Gasteiger partial charge in [-0.05, 0) is 47.4 Å². The number of rotatable bonds is 7. The molecule has 0 unspecified atom stereocenters. The molecule has 1 fully saturated rings. The third kappa shape index (κ3) is 4.38. The van der Waals surface area contributed by atoms with Crippen molar-refractivity contribution >= 4 is 51.1 Å². The van der Waals surface area contributed by atoms with E-state index in [1.165, 1.54) is 0 Å². The number of aliphatic carboxylic acids is 1. The van der Waals surface area contributed by atoms with Crippen molar-refractivity contribution in [2.75, 3.05) is 0 Å². The number of halogens is 2. The summed E-state index contributed by atoms with van der Waals surface area (Å²) < 4.78 is 8.15. The fraction of sp³-hybridized carbons (Fsp3) is 0.233. The lowest BCUT2D eigenvalue weighted by molar-refractivity contribution is -0.139. The molecular weight excluding hydrogens is 521 g/mol. The Morgan fingerprint density at radius 3 is 2.58 bits per heavy atom. The topological polar surface area (TPSA) is 77.2 Å². The lowest BCUT2D eigenvalue weighted by Crippen LogP contribution is -2.07. The van der Waals surface area contributed by atoms with Gasteiger partial charge in [0.15, 0.2) is 0 Å². The summed E-state index contributed by atoms with van der Waals surface area (Å²) in [5.74, 6) is -0.136. The van der Waals surface area contributed by atoms with Crippen LogP contribution < -0.4 is 4.74 Å². The van der Waals surface area contributed by atoms with Crippen LogP contribution in [-0.4, -0.2) is 25.6 Å². The summed E-state index contributed by atoms with van der Waals surface area (Å²) in [5.41, 5.74) is 3.85. The second kappa shape index (κ2) is 9.29. The van der Waals surface area contributed by atoms with Gasteiger partial charge in [-0.2, -0.15) is 0 Å². The van der Waals surface area contributed by atoms with E-state index in [0.29, 0.717) is 28.9 Å². The molecule has 3 aromatic carbocycles. The first-order valence-corrected chi connectivity index (χ1v) is 13.1. The smallest absolute Gasteiger partial charge is 0.307 e. The molecule has 6 nitrogen and oxygen atoms in total. The quantitative estimate of drug-likeness (QED) is 0.231. The summed E-state index contributed by atoms with van der Waals surface area (Å²) in [7, 11) is 0. The number of pyridine rings is 1. The number of aromatic nitrogens is 3. The fourth-order valence-corrected chi connectivity index (χ4v) is 5.84. The van der Waals surface area contributed by atoms with Crippen molar-refractivity contribution in [3.8, 4) is 5.75 Å². The highest BCUT2D eigenvalue weighted by Gasteiger charge is 2.64. The molecule has 192 valence electrons. The van der Waals surface area contributed by atoms with E-state index in [1.807, 2.05) is 74.5 Å². The Morgan fingerprint density at radius 2 is 1.82 bits per heavy atom. The molecule has 2 aromatic heterocycles. The Morgan fingerprint density at radius 1 is 1.00 bits per heavy atom. The van der Waals surface area contributed by atoms with Crippen molar-refractivity contribution < 1.29 is 14.6 Å². The van der Waals surface area contributed by atoms with E-state index < -0.39 is 17.3 Å². The second-order valence-electron chi connectivity index (χ2n) is 10.3. The van der Waals surface area contributed by atoms with Crippen molar-refractivity contribution in [1.82, 2.24) is 14.5 Å². The summed E-state index contributed by atoms with van der Waals surface area (Å²) in [6.07, 6.45) is 0. The monoisotopic (exact) mass is 545 g/mol. The Labute approximate surface area is 229 Å². The molecule has 8 heteroatoms. The molecular formula is C30H25Cl2N3O3. The Bertz CT molecular complexity index is 1710. The van der Waals surface area contributed by atoms with Crippen molar-refractivity contribution in [2.24, 2.45) is 11.3 Å². The molecule has 0 saturated heterocycles. The van der Waals surface area contributed by atoms with Gasteiger partial charge in [-0.15, -0.1) is 0 Å². The molecule has 5 aromatic rings. The summed E-state index contributed by atoms with van der Waals surface area (Å²) in [6.45, 7) is 4.71. The third-order valence-electron chi connectivity index (χ3n) is 7.51. The predicted molar refractivity (Wildman–Crippen MR) is 149 cm³/mol. The Kier molecular flexibility index (Phi) is 6.04. The van der Waals surface area contributed by atoms with E-state index >= 15 is 0 Å². The van der Waals surface area contributed by atoms with E-state index in [4.69, 9.17) is 32.9 Å². The maximum Gasteiger partial charge on any atom is 0.307 e. The third-order valence-corrected chi connectivity index (χ3v) is 8.09. The van der Waals surface area contributed by atoms with E-state index in [9.17, 15) is 9.90 Å². The van der Waals surface area contributed by atoms with Gasteiger partial charge in [-0.1, -0.05) is 67.4 Å². The van der Waals surface area contributed by atoms with Crippen molar-refractivity contribution in [2.45, 2.75) is 32.9 Å². The first kappa shape index (κ1) is 24.7. The SMILES string of the molecule is CC1(C)[C@H](c2nc3cc(OCc4ccc5ccccc5n4)ccc3n2Cc2ccc(Cl)cc2Cl)[C@@H]1C(=O)O. The minimum Gasteiger partial charge on any atom is -0.487 e. The molecule has 0 aliphatic heterocycles. The number of carboxylic acid groups (broad SMARTS) is 1. The van der Waals surface area contributed by atoms with Crippen LogP contribution in [0.15, 0.2) is 72.8 Å². The number of hydrogen-bond acceptors (Lipinski definition) is 4. The summed E-state index contributed by atoms with van der Waals surface area (Å²) >= 11 is 12.6. The molecule has 0 amide bonds. The zero-order valence-electron chi connectivity index (χ0n) is 20.9. The summed E-state index contributed by atoms with van der Waals surface area (Å²) in [6, 6.07) is 23.1. The van der Waals surface area contributed by atoms with Crippen molar-refractivity contribution in [3.63, 3.8) is 0 Å². The number of nitrogens with zero attached hydrogens (tertiary/aromatic N) is 3. The average molecular weight is 546 g/mol. The largest absolute Gasteiger partial charge is 0.487 e. The van der Waals surface area contributed by atoms with Crippen molar-refractivity contribution in [1.29, 1.82) is 0 Å². The minimum absolute atomic E-state index is 0.218. The second-order valence-corrected chi connectivity index (χ2v) is 11.2. The number of imidazole rings is 1. The van der Waals surface area contributed by atoms with Crippen LogP contribution in [0.5, 0.6) is 5.75 Å². The van der Waals surface area contributed by atoms with Gasteiger partial charge in [0.1, 0.15) is 18.2 Å². The number of hydrogen-bond donors (Lipinski definition) is 1. The molecule has 6 rings (SSSR count). The summed E-state index contributed by atoms with van der Waals surface area (Å²) in [5, 5.41) is 12.0. The molecule has 2 atom stereocenters. The predicted octanol–water partition coefficient (Wildman–Crippen LogP) is 7.34. The maximum atomic E-state index is 12.0. The zero-order valence-corrected chi connectivity index (χ0v) is 22.4. The van der Waals surface area contributed by atoms with Gasteiger partial charge < -0.3 is 14.4 Å². The molecule has 0 bridgehead atoms. The van der Waals surface area contributed by atoms with Crippen molar-refractivity contribution in [3.05, 3.63) is 99.9 Å². The lowest BCUT2D eigenvalue weighted by Gasteiger charge is -2.12. The number of carbonyl (C=O) groups is 1. The highest BCUT2D eigenvalue weighted by Crippen LogP contribution is 2.64. The molecule has 0 radical (unpaired) electrons. The molecule has 2 heterocycles. The highest BCUT2D eigenvalue weighted by atomic mass is 35.5.